The molecule has 0 saturated heterocycles. The van der Waals surface area contributed by atoms with E-state index in [1.54, 1.807) is 14.2 Å². The molecule has 24 heavy (non-hydrogen) atoms. The van der Waals surface area contributed by atoms with Gasteiger partial charge in [-0.3, -0.25) is 4.79 Å². The normalized spacial score (nSPS) is 14.7. The molecule has 124 valence electrons. The first kappa shape index (κ1) is 16.1. The summed E-state index contributed by atoms with van der Waals surface area (Å²) in [7, 11) is 3.25. The number of ether oxygens (including phenoxy) is 2. The number of benzene rings is 2. The van der Waals surface area contributed by atoms with Crippen LogP contribution in [0.5, 0.6) is 11.5 Å². The lowest BCUT2D eigenvalue weighted by molar-refractivity contribution is -0.110. The van der Waals surface area contributed by atoms with Crippen molar-refractivity contribution in [2.45, 2.75) is 19.8 Å². The molecule has 4 heteroatoms. The van der Waals surface area contributed by atoms with E-state index in [2.05, 4.69) is 31.3 Å². The van der Waals surface area contributed by atoms with Crippen LogP contribution >= 0.6 is 0 Å². The molecule has 1 heterocycles. The highest BCUT2D eigenvalue weighted by Crippen LogP contribution is 2.37. The minimum Gasteiger partial charge on any atom is -0.497 e. The lowest BCUT2D eigenvalue weighted by Crippen LogP contribution is -2.03. The van der Waals surface area contributed by atoms with E-state index < -0.39 is 0 Å². The zero-order chi connectivity index (χ0) is 17.3. The average molecular weight is 323 g/mol. The van der Waals surface area contributed by atoms with Gasteiger partial charge in [0.2, 0.25) is 0 Å². The van der Waals surface area contributed by atoms with Gasteiger partial charge in [-0.1, -0.05) is 19.9 Å². The number of amides is 1. The monoisotopic (exact) mass is 323 g/mol. The minimum absolute atomic E-state index is 0.116. The summed E-state index contributed by atoms with van der Waals surface area (Å²) < 4.78 is 10.7. The van der Waals surface area contributed by atoms with E-state index in [0.29, 0.717) is 11.5 Å². The zero-order valence-corrected chi connectivity index (χ0v) is 14.3. The summed E-state index contributed by atoms with van der Waals surface area (Å²) in [6.07, 6.45) is 1.88. The van der Waals surface area contributed by atoms with E-state index in [1.165, 1.54) is 5.56 Å². The van der Waals surface area contributed by atoms with Gasteiger partial charge < -0.3 is 14.8 Å². The Morgan fingerprint density at radius 1 is 1.04 bits per heavy atom. The van der Waals surface area contributed by atoms with Crippen LogP contribution in [0.2, 0.25) is 0 Å². The fourth-order valence-corrected chi connectivity index (χ4v) is 2.82. The number of methoxy groups -OCH3 is 2. The van der Waals surface area contributed by atoms with E-state index in [-0.39, 0.29) is 5.91 Å². The highest BCUT2D eigenvalue weighted by molar-refractivity contribution is 6.35. The maximum atomic E-state index is 12.4. The summed E-state index contributed by atoms with van der Waals surface area (Å²) in [6.45, 7) is 4.28. The molecule has 1 N–H and O–H groups in total. The number of anilines is 1. The second-order valence-electron chi connectivity index (χ2n) is 6.08. The van der Waals surface area contributed by atoms with Crippen molar-refractivity contribution in [3.63, 3.8) is 0 Å². The summed E-state index contributed by atoms with van der Waals surface area (Å²) in [5.74, 6) is 1.75. The standard InChI is InChI=1S/C20H21NO3/c1-12(2)13-5-8-19(24-4)14(9-13)10-17-16-11-15(23-3)6-7-18(16)21-20(17)22/h5-12H,1-4H3,(H,21,22)/b17-10+. The van der Waals surface area contributed by atoms with Gasteiger partial charge in [-0.15, -0.1) is 0 Å². The maximum Gasteiger partial charge on any atom is 0.256 e. The summed E-state index contributed by atoms with van der Waals surface area (Å²) in [6, 6.07) is 11.6. The van der Waals surface area contributed by atoms with Crippen LogP contribution in [-0.4, -0.2) is 20.1 Å². The molecule has 0 bridgehead atoms. The van der Waals surface area contributed by atoms with Crippen molar-refractivity contribution < 1.29 is 14.3 Å². The van der Waals surface area contributed by atoms with E-state index in [0.717, 1.165) is 28.3 Å². The van der Waals surface area contributed by atoms with Crippen molar-refractivity contribution in [1.82, 2.24) is 0 Å². The molecule has 0 fully saturated rings. The van der Waals surface area contributed by atoms with Crippen LogP contribution in [-0.2, 0) is 4.79 Å². The van der Waals surface area contributed by atoms with Crippen LogP contribution in [0.4, 0.5) is 5.69 Å². The molecule has 0 radical (unpaired) electrons. The number of carbonyl (C=O) groups is 1. The first-order valence-corrected chi connectivity index (χ1v) is 7.93. The Hall–Kier alpha value is -2.75. The van der Waals surface area contributed by atoms with Crippen molar-refractivity contribution >= 4 is 23.2 Å². The van der Waals surface area contributed by atoms with Crippen LogP contribution in [0.1, 0.15) is 36.5 Å². The van der Waals surface area contributed by atoms with Crippen LogP contribution in [0.25, 0.3) is 11.6 Å². The van der Waals surface area contributed by atoms with Crippen molar-refractivity contribution in [2.75, 3.05) is 19.5 Å². The Morgan fingerprint density at radius 2 is 1.83 bits per heavy atom. The van der Waals surface area contributed by atoms with E-state index >= 15 is 0 Å². The molecular weight excluding hydrogens is 302 g/mol. The zero-order valence-electron chi connectivity index (χ0n) is 14.3. The van der Waals surface area contributed by atoms with Gasteiger partial charge in [-0.05, 0) is 47.9 Å². The molecule has 0 saturated carbocycles. The van der Waals surface area contributed by atoms with E-state index in [1.807, 2.05) is 30.3 Å². The van der Waals surface area contributed by atoms with Gasteiger partial charge in [0.1, 0.15) is 11.5 Å². The minimum atomic E-state index is -0.116. The molecular formula is C20H21NO3. The van der Waals surface area contributed by atoms with Crippen LogP contribution < -0.4 is 14.8 Å². The van der Waals surface area contributed by atoms with Gasteiger partial charge in [0, 0.05) is 22.4 Å². The smallest absolute Gasteiger partial charge is 0.256 e. The summed E-state index contributed by atoms with van der Waals surface area (Å²) in [4.78, 5) is 12.4. The molecule has 0 unspecified atom stereocenters. The summed E-state index contributed by atoms with van der Waals surface area (Å²) in [5, 5.41) is 2.89. The van der Waals surface area contributed by atoms with Crippen molar-refractivity contribution in [3.05, 3.63) is 53.1 Å². The lowest BCUT2D eigenvalue weighted by Gasteiger charge is -2.11. The average Bonchev–Trinajstić information content (AvgIpc) is 2.89. The number of fused-ring (bicyclic) bond motifs is 1. The molecule has 0 aliphatic carbocycles. The Kier molecular flexibility index (Phi) is 4.30. The van der Waals surface area contributed by atoms with Gasteiger partial charge in [0.05, 0.1) is 14.2 Å². The third-order valence-electron chi connectivity index (χ3n) is 4.23. The molecule has 0 aromatic heterocycles. The molecule has 1 aliphatic heterocycles. The second-order valence-corrected chi connectivity index (χ2v) is 6.08. The summed E-state index contributed by atoms with van der Waals surface area (Å²) >= 11 is 0. The van der Waals surface area contributed by atoms with E-state index in [9.17, 15) is 4.79 Å². The number of nitrogens with one attached hydrogen (secondary N) is 1. The number of hydrogen-bond donors (Lipinski definition) is 1. The molecule has 2 aromatic carbocycles. The predicted molar refractivity (Wildman–Crippen MR) is 96.6 cm³/mol. The Labute approximate surface area is 142 Å². The van der Waals surface area contributed by atoms with Crippen LogP contribution in [0.3, 0.4) is 0 Å². The van der Waals surface area contributed by atoms with Crippen LogP contribution in [0, 0.1) is 0 Å². The highest BCUT2D eigenvalue weighted by Gasteiger charge is 2.25. The number of rotatable bonds is 4. The van der Waals surface area contributed by atoms with Crippen molar-refractivity contribution in [3.8, 4) is 11.5 Å². The fourth-order valence-electron chi connectivity index (χ4n) is 2.82. The largest absolute Gasteiger partial charge is 0.497 e. The first-order chi connectivity index (χ1) is 11.5. The van der Waals surface area contributed by atoms with Gasteiger partial charge >= 0.3 is 0 Å². The molecule has 1 amide bonds. The summed E-state index contributed by atoms with van der Waals surface area (Å²) in [5.41, 5.74) is 4.35. The topological polar surface area (TPSA) is 47.6 Å². The molecule has 0 spiro atoms. The molecule has 4 nitrogen and oxygen atoms in total. The lowest BCUT2D eigenvalue weighted by atomic mass is 9.97. The second kappa shape index (κ2) is 6.40. The van der Waals surface area contributed by atoms with Gasteiger partial charge in [-0.2, -0.15) is 0 Å². The van der Waals surface area contributed by atoms with Gasteiger partial charge in [0.15, 0.2) is 0 Å². The van der Waals surface area contributed by atoms with Crippen LogP contribution in [0.15, 0.2) is 36.4 Å². The Morgan fingerprint density at radius 3 is 2.50 bits per heavy atom. The number of carbonyl (C=O) groups excluding carboxylic acids is 1. The molecule has 2 aromatic rings. The highest BCUT2D eigenvalue weighted by atomic mass is 16.5. The molecule has 1 aliphatic rings. The third kappa shape index (κ3) is 2.87. The Bertz CT molecular complexity index is 822. The predicted octanol–water partition coefficient (Wildman–Crippen LogP) is 4.32. The third-order valence-corrected chi connectivity index (χ3v) is 4.23. The maximum absolute atomic E-state index is 12.4. The molecule has 0 atom stereocenters. The SMILES string of the molecule is COc1ccc2c(c1)/C(=C\c1cc(C(C)C)ccc1OC)C(=O)N2. The number of hydrogen-bond acceptors (Lipinski definition) is 3. The van der Waals surface area contributed by atoms with Gasteiger partial charge in [0.25, 0.3) is 5.91 Å². The fraction of sp³-hybridized carbons (Fsp3) is 0.250. The van der Waals surface area contributed by atoms with Crippen molar-refractivity contribution in [2.24, 2.45) is 0 Å². The van der Waals surface area contributed by atoms with E-state index in [4.69, 9.17) is 9.47 Å². The quantitative estimate of drug-likeness (QED) is 0.852. The Balaban J connectivity index is 2.12. The molecule has 3 rings (SSSR count). The first-order valence-electron chi connectivity index (χ1n) is 7.93. The van der Waals surface area contributed by atoms with Crippen molar-refractivity contribution in [1.29, 1.82) is 0 Å². The van der Waals surface area contributed by atoms with Gasteiger partial charge in [-0.25, -0.2) is 0 Å².